The Morgan fingerprint density at radius 3 is 2.71 bits per heavy atom. The number of carbonyl (C=O) groups excluding carboxylic acids is 1. The zero-order valence-corrected chi connectivity index (χ0v) is 13.6. The Hall–Kier alpha value is -3.01. The monoisotopic (exact) mass is 317 g/mol. The van der Waals surface area contributed by atoms with Crippen LogP contribution >= 0.6 is 0 Å². The number of amides is 1. The second-order valence-corrected chi connectivity index (χ2v) is 5.62. The number of para-hydroxylation sites is 1. The zero-order valence-electron chi connectivity index (χ0n) is 13.6. The quantitative estimate of drug-likeness (QED) is 0.678. The van der Waals surface area contributed by atoms with Gasteiger partial charge in [0.1, 0.15) is 0 Å². The minimum Gasteiger partial charge on any atom is -0.342 e. The highest BCUT2D eigenvalue weighted by Crippen LogP contribution is 2.17. The summed E-state index contributed by atoms with van der Waals surface area (Å²) in [5.41, 5.74) is 3.10. The predicted octanol–water partition coefficient (Wildman–Crippen LogP) is 3.34. The number of likely N-dealkylation sites (N-methyl/N-ethyl adjacent to an activating group) is 1. The summed E-state index contributed by atoms with van der Waals surface area (Å²) in [6.07, 6.45) is 9.59. The molecule has 0 fully saturated rings. The summed E-state index contributed by atoms with van der Waals surface area (Å²) in [6, 6.07) is 13.8. The van der Waals surface area contributed by atoms with Crippen LogP contribution in [0.2, 0.25) is 0 Å². The van der Waals surface area contributed by atoms with Crippen LogP contribution in [0, 0.1) is 0 Å². The van der Waals surface area contributed by atoms with Gasteiger partial charge in [-0.2, -0.15) is 0 Å². The van der Waals surface area contributed by atoms with E-state index in [0.29, 0.717) is 6.54 Å². The van der Waals surface area contributed by atoms with Gasteiger partial charge in [0.25, 0.3) is 0 Å². The molecule has 2 aromatic heterocycles. The number of rotatable bonds is 5. The van der Waals surface area contributed by atoms with Crippen molar-refractivity contribution in [2.75, 3.05) is 13.6 Å². The Morgan fingerprint density at radius 1 is 1.08 bits per heavy atom. The molecule has 0 radical (unpaired) electrons. The molecule has 3 rings (SSSR count). The summed E-state index contributed by atoms with van der Waals surface area (Å²) in [6.45, 7) is 0.671. The molecule has 0 saturated carbocycles. The van der Waals surface area contributed by atoms with Gasteiger partial charge in [-0.05, 0) is 47.9 Å². The maximum Gasteiger partial charge on any atom is 0.246 e. The number of benzene rings is 1. The Morgan fingerprint density at radius 2 is 1.88 bits per heavy atom. The molecule has 24 heavy (non-hydrogen) atoms. The molecule has 0 aliphatic carbocycles. The van der Waals surface area contributed by atoms with Crippen molar-refractivity contribution in [3.05, 3.63) is 78.3 Å². The van der Waals surface area contributed by atoms with Crippen molar-refractivity contribution in [1.29, 1.82) is 0 Å². The average molecular weight is 317 g/mol. The van der Waals surface area contributed by atoms with Gasteiger partial charge in [0.15, 0.2) is 0 Å². The number of pyridine rings is 2. The minimum absolute atomic E-state index is 0.00931. The van der Waals surface area contributed by atoms with Crippen molar-refractivity contribution < 1.29 is 4.79 Å². The second kappa shape index (κ2) is 7.51. The summed E-state index contributed by atoms with van der Waals surface area (Å²) in [5, 5.41) is 1.04. The van der Waals surface area contributed by atoms with Crippen LogP contribution in [0.4, 0.5) is 0 Å². The van der Waals surface area contributed by atoms with Gasteiger partial charge in [-0.25, -0.2) is 0 Å². The molecule has 0 N–H and O–H groups in total. The van der Waals surface area contributed by atoms with E-state index >= 15 is 0 Å². The number of hydrogen-bond acceptors (Lipinski definition) is 3. The molecule has 0 atom stereocenters. The Bertz CT molecular complexity index is 854. The highest BCUT2D eigenvalue weighted by atomic mass is 16.2. The molecule has 4 nitrogen and oxygen atoms in total. The van der Waals surface area contributed by atoms with Crippen molar-refractivity contribution >= 4 is 22.9 Å². The number of fused-ring (bicyclic) bond motifs is 1. The van der Waals surface area contributed by atoms with Crippen LogP contribution < -0.4 is 0 Å². The normalized spacial score (nSPS) is 11.0. The fourth-order valence-corrected chi connectivity index (χ4v) is 2.51. The summed E-state index contributed by atoms with van der Waals surface area (Å²) >= 11 is 0. The lowest BCUT2D eigenvalue weighted by Gasteiger charge is -2.14. The van der Waals surface area contributed by atoms with Gasteiger partial charge >= 0.3 is 0 Å². The summed E-state index contributed by atoms with van der Waals surface area (Å²) in [4.78, 5) is 22.3. The lowest BCUT2D eigenvalue weighted by Crippen LogP contribution is -2.27. The zero-order chi connectivity index (χ0) is 16.8. The van der Waals surface area contributed by atoms with E-state index in [9.17, 15) is 4.79 Å². The summed E-state index contributed by atoms with van der Waals surface area (Å²) < 4.78 is 0. The molecule has 0 aliphatic heterocycles. The molecule has 0 bridgehead atoms. The number of carbonyl (C=O) groups is 1. The third kappa shape index (κ3) is 3.84. The number of aromatic nitrogens is 2. The molecule has 1 aromatic carbocycles. The molecule has 0 saturated heterocycles. The highest BCUT2D eigenvalue weighted by Gasteiger charge is 2.05. The highest BCUT2D eigenvalue weighted by molar-refractivity contribution is 5.95. The molecule has 0 unspecified atom stereocenters. The first-order valence-electron chi connectivity index (χ1n) is 7.90. The third-order valence-corrected chi connectivity index (χ3v) is 3.95. The van der Waals surface area contributed by atoms with E-state index < -0.39 is 0 Å². The maximum atomic E-state index is 12.3. The minimum atomic E-state index is -0.00931. The lowest BCUT2D eigenvalue weighted by atomic mass is 10.1. The smallest absolute Gasteiger partial charge is 0.246 e. The predicted molar refractivity (Wildman–Crippen MR) is 96.4 cm³/mol. The Kier molecular flexibility index (Phi) is 4.96. The second-order valence-electron chi connectivity index (χ2n) is 5.62. The van der Waals surface area contributed by atoms with E-state index in [2.05, 4.69) is 9.97 Å². The molecule has 4 heteroatoms. The standard InChI is InChI=1S/C20H19N3O/c1-23(15-11-16-8-12-21-13-9-16)20(24)7-6-17-10-14-22-19-5-3-2-4-18(17)19/h2-10,12-14H,11,15H2,1H3/b7-6-. The number of hydrogen-bond donors (Lipinski definition) is 0. The van der Waals surface area contributed by atoms with Crippen molar-refractivity contribution in [3.63, 3.8) is 0 Å². The van der Waals surface area contributed by atoms with E-state index in [-0.39, 0.29) is 5.91 Å². The van der Waals surface area contributed by atoms with Gasteiger partial charge in [0.05, 0.1) is 5.52 Å². The fraction of sp³-hybridized carbons (Fsp3) is 0.150. The Labute approximate surface area is 141 Å². The van der Waals surface area contributed by atoms with Gasteiger partial charge in [0.2, 0.25) is 5.91 Å². The van der Waals surface area contributed by atoms with E-state index in [1.165, 1.54) is 5.56 Å². The number of nitrogens with zero attached hydrogens (tertiary/aromatic N) is 3. The van der Waals surface area contributed by atoms with Crippen LogP contribution in [0.15, 0.2) is 67.1 Å². The van der Waals surface area contributed by atoms with E-state index in [1.807, 2.05) is 55.6 Å². The molecule has 0 spiro atoms. The largest absolute Gasteiger partial charge is 0.342 e. The first-order chi connectivity index (χ1) is 11.7. The molecule has 3 aromatic rings. The van der Waals surface area contributed by atoms with Crippen LogP contribution in [0.5, 0.6) is 0 Å². The molecule has 1 amide bonds. The van der Waals surface area contributed by atoms with Crippen molar-refractivity contribution in [2.24, 2.45) is 0 Å². The van der Waals surface area contributed by atoms with E-state index in [4.69, 9.17) is 0 Å². The van der Waals surface area contributed by atoms with E-state index in [1.54, 1.807) is 29.6 Å². The fourth-order valence-electron chi connectivity index (χ4n) is 2.51. The topological polar surface area (TPSA) is 46.1 Å². The summed E-state index contributed by atoms with van der Waals surface area (Å²) in [5.74, 6) is -0.00931. The Balaban J connectivity index is 1.66. The van der Waals surface area contributed by atoms with Gasteiger partial charge in [-0.3, -0.25) is 14.8 Å². The first kappa shape index (κ1) is 15.9. The van der Waals surface area contributed by atoms with Crippen molar-refractivity contribution in [2.45, 2.75) is 6.42 Å². The van der Waals surface area contributed by atoms with Gasteiger partial charge in [-0.1, -0.05) is 18.2 Å². The van der Waals surface area contributed by atoms with Crippen LogP contribution in [0.25, 0.3) is 17.0 Å². The third-order valence-electron chi connectivity index (χ3n) is 3.95. The van der Waals surface area contributed by atoms with Crippen LogP contribution in [0.3, 0.4) is 0 Å². The SMILES string of the molecule is CN(CCc1ccncc1)C(=O)/C=C\c1ccnc2ccccc12. The lowest BCUT2D eigenvalue weighted by molar-refractivity contribution is -0.124. The van der Waals surface area contributed by atoms with Crippen LogP contribution in [-0.2, 0) is 11.2 Å². The van der Waals surface area contributed by atoms with Gasteiger partial charge in [-0.15, -0.1) is 0 Å². The molecular formula is C20H19N3O. The maximum absolute atomic E-state index is 12.3. The summed E-state index contributed by atoms with van der Waals surface area (Å²) in [7, 11) is 1.82. The van der Waals surface area contributed by atoms with Gasteiger partial charge < -0.3 is 4.90 Å². The van der Waals surface area contributed by atoms with Gasteiger partial charge in [0, 0.05) is 43.6 Å². The molecule has 120 valence electrons. The first-order valence-corrected chi connectivity index (χ1v) is 7.90. The van der Waals surface area contributed by atoms with Crippen LogP contribution in [0.1, 0.15) is 11.1 Å². The molecular weight excluding hydrogens is 298 g/mol. The average Bonchev–Trinajstić information content (AvgIpc) is 2.65. The van der Waals surface area contributed by atoms with Crippen molar-refractivity contribution in [1.82, 2.24) is 14.9 Å². The van der Waals surface area contributed by atoms with Crippen LogP contribution in [-0.4, -0.2) is 34.4 Å². The molecule has 0 aliphatic rings. The molecule has 2 heterocycles. The van der Waals surface area contributed by atoms with E-state index in [0.717, 1.165) is 22.9 Å². The van der Waals surface area contributed by atoms with Crippen molar-refractivity contribution in [3.8, 4) is 0 Å².